The van der Waals surface area contributed by atoms with Crippen molar-refractivity contribution in [1.29, 1.82) is 0 Å². The summed E-state index contributed by atoms with van der Waals surface area (Å²) in [6.07, 6.45) is 4.89. The number of terminal acetylenes is 1. The van der Waals surface area contributed by atoms with Gasteiger partial charge < -0.3 is 14.2 Å². The molecule has 0 aliphatic carbocycles. The van der Waals surface area contributed by atoms with E-state index in [1.807, 2.05) is 0 Å². The summed E-state index contributed by atoms with van der Waals surface area (Å²) in [5.41, 5.74) is 3.02. The van der Waals surface area contributed by atoms with Crippen molar-refractivity contribution in [2.45, 2.75) is 26.4 Å². The Morgan fingerprint density at radius 2 is 1.18 bits per heavy atom. The normalized spacial score (nSPS) is 10.0. The second-order valence-corrected chi connectivity index (χ2v) is 9.35. The van der Waals surface area contributed by atoms with Crippen LogP contribution in [0.5, 0.6) is 0 Å². The summed E-state index contributed by atoms with van der Waals surface area (Å²) in [6.45, 7) is 5.35. The van der Waals surface area contributed by atoms with Crippen molar-refractivity contribution in [3.05, 3.63) is 99.6 Å². The average Bonchev–Trinajstić information content (AvgIpc) is 2.93. The van der Waals surface area contributed by atoms with Gasteiger partial charge in [-0.1, -0.05) is 29.6 Å². The first kappa shape index (κ1) is 29.1. The van der Waals surface area contributed by atoms with E-state index in [0.29, 0.717) is 33.5 Å². The van der Waals surface area contributed by atoms with E-state index >= 15 is 0 Å². The fourth-order valence-corrected chi connectivity index (χ4v) is 3.37. The Bertz CT molecular complexity index is 1610. The Morgan fingerprint density at radius 3 is 1.68 bits per heavy atom. The highest BCUT2D eigenvalue weighted by Gasteiger charge is 2.16. The van der Waals surface area contributed by atoms with E-state index in [4.69, 9.17) is 20.6 Å². The number of ether oxygens (including phenoxy) is 3. The van der Waals surface area contributed by atoms with Crippen LogP contribution in [0.25, 0.3) is 0 Å². The molecule has 0 saturated carbocycles. The third-order valence-electron chi connectivity index (χ3n) is 5.23. The monoisotopic (exact) mass is 533 g/mol. The van der Waals surface area contributed by atoms with Crippen molar-refractivity contribution >= 4 is 23.7 Å². The Hall–Kier alpha value is -5.45. The number of hydrogen-bond acceptors (Lipinski definition) is 6. The second-order valence-electron chi connectivity index (χ2n) is 9.35. The number of methoxy groups -OCH3 is 2. The van der Waals surface area contributed by atoms with Crippen LogP contribution in [-0.2, 0) is 14.2 Å². The minimum absolute atomic E-state index is 0.237. The first-order chi connectivity index (χ1) is 19.0. The summed E-state index contributed by atoms with van der Waals surface area (Å²) in [4.78, 5) is 36.6. The second kappa shape index (κ2) is 12.9. The van der Waals surface area contributed by atoms with Gasteiger partial charge in [-0.05, 0) is 81.4 Å². The molecule has 0 aliphatic heterocycles. The molecule has 3 aromatic rings. The SMILES string of the molecule is C#Cc1ccc(C#Cc2ccc(C#Cc3ccc(NC(=O)OC(C)(C)C)cc3)c(C(=O)OC)c2)c(C(=O)OC)c1. The van der Waals surface area contributed by atoms with E-state index in [9.17, 15) is 14.4 Å². The molecular formula is C33H27NO6. The van der Waals surface area contributed by atoms with Gasteiger partial charge in [0.05, 0.1) is 25.3 Å². The summed E-state index contributed by atoms with van der Waals surface area (Å²) in [5, 5.41) is 2.66. The summed E-state index contributed by atoms with van der Waals surface area (Å²) < 4.78 is 15.0. The molecule has 1 N–H and O–H groups in total. The van der Waals surface area contributed by atoms with E-state index in [2.05, 4.69) is 34.9 Å². The minimum Gasteiger partial charge on any atom is -0.465 e. The van der Waals surface area contributed by atoms with Crippen LogP contribution in [0.15, 0.2) is 60.7 Å². The highest BCUT2D eigenvalue weighted by atomic mass is 16.6. The molecule has 0 bridgehead atoms. The zero-order valence-corrected chi connectivity index (χ0v) is 22.8. The molecule has 0 radical (unpaired) electrons. The van der Waals surface area contributed by atoms with E-state index < -0.39 is 23.6 Å². The third-order valence-corrected chi connectivity index (χ3v) is 5.23. The number of rotatable bonds is 3. The van der Waals surface area contributed by atoms with Crippen molar-refractivity contribution in [2.75, 3.05) is 19.5 Å². The maximum absolute atomic E-state index is 12.5. The molecule has 1 amide bonds. The lowest BCUT2D eigenvalue weighted by molar-refractivity contribution is 0.0591. The Kier molecular flexibility index (Phi) is 9.37. The number of hydrogen-bond donors (Lipinski definition) is 1. The molecule has 0 unspecified atom stereocenters. The maximum Gasteiger partial charge on any atom is 0.412 e. The first-order valence-electron chi connectivity index (χ1n) is 12.1. The van der Waals surface area contributed by atoms with Gasteiger partial charge in [0.25, 0.3) is 0 Å². The fraction of sp³-hybridized carbons (Fsp3) is 0.182. The molecule has 3 rings (SSSR count). The molecule has 0 aromatic heterocycles. The summed E-state index contributed by atoms with van der Waals surface area (Å²) in [6, 6.07) is 16.7. The van der Waals surface area contributed by atoms with Gasteiger partial charge in [-0.2, -0.15) is 0 Å². The van der Waals surface area contributed by atoms with Gasteiger partial charge in [-0.3, -0.25) is 5.32 Å². The lowest BCUT2D eigenvalue weighted by Crippen LogP contribution is -2.27. The molecule has 40 heavy (non-hydrogen) atoms. The standard InChI is InChI=1S/C33H27NO6/c1-7-22-8-14-25(28(20-22)30(35)38-5)16-10-24-11-17-26(29(21-24)31(36)39-6)15-9-23-12-18-27(19-13-23)34-32(37)40-33(2,3)4/h1,8,11-14,17-21H,2-6H3,(H,34,37). The van der Waals surface area contributed by atoms with Gasteiger partial charge >= 0.3 is 18.0 Å². The lowest BCUT2D eigenvalue weighted by Gasteiger charge is -2.19. The molecule has 0 saturated heterocycles. The van der Waals surface area contributed by atoms with E-state index in [-0.39, 0.29) is 11.1 Å². The van der Waals surface area contributed by atoms with Gasteiger partial charge in [-0.15, -0.1) is 6.42 Å². The van der Waals surface area contributed by atoms with Crippen molar-refractivity contribution in [3.8, 4) is 36.0 Å². The van der Waals surface area contributed by atoms with Crippen LogP contribution in [0.1, 0.15) is 69.3 Å². The number of nitrogens with one attached hydrogen (secondary N) is 1. The van der Waals surface area contributed by atoms with Gasteiger partial charge in [0, 0.05) is 33.5 Å². The molecule has 7 heteroatoms. The van der Waals surface area contributed by atoms with Crippen LogP contribution < -0.4 is 5.32 Å². The van der Waals surface area contributed by atoms with Crippen LogP contribution in [0, 0.1) is 36.0 Å². The molecule has 0 fully saturated rings. The molecule has 0 spiro atoms. The highest BCUT2D eigenvalue weighted by molar-refractivity contribution is 5.94. The zero-order valence-electron chi connectivity index (χ0n) is 22.8. The van der Waals surface area contributed by atoms with Gasteiger partial charge in [-0.25, -0.2) is 14.4 Å². The molecule has 3 aromatic carbocycles. The molecule has 0 aliphatic rings. The molecule has 0 heterocycles. The van der Waals surface area contributed by atoms with Crippen molar-refractivity contribution in [2.24, 2.45) is 0 Å². The number of anilines is 1. The fourth-order valence-electron chi connectivity index (χ4n) is 3.37. The van der Waals surface area contributed by atoms with E-state index in [0.717, 1.165) is 0 Å². The number of amides is 1. The average molecular weight is 534 g/mol. The maximum atomic E-state index is 12.5. The van der Waals surface area contributed by atoms with E-state index in [1.54, 1.807) is 75.4 Å². The number of esters is 2. The van der Waals surface area contributed by atoms with Crippen molar-refractivity contribution in [1.82, 2.24) is 0 Å². The topological polar surface area (TPSA) is 90.9 Å². The summed E-state index contributed by atoms with van der Waals surface area (Å²) in [7, 11) is 2.56. The minimum atomic E-state index is -0.603. The van der Waals surface area contributed by atoms with Crippen LogP contribution >= 0.6 is 0 Å². The molecule has 7 nitrogen and oxygen atoms in total. The van der Waals surface area contributed by atoms with Gasteiger partial charge in [0.2, 0.25) is 0 Å². The van der Waals surface area contributed by atoms with Gasteiger partial charge in [0.1, 0.15) is 5.60 Å². The predicted octanol–water partition coefficient (Wildman–Crippen LogP) is 5.39. The van der Waals surface area contributed by atoms with E-state index in [1.165, 1.54) is 20.3 Å². The highest BCUT2D eigenvalue weighted by Crippen LogP contribution is 2.16. The smallest absolute Gasteiger partial charge is 0.412 e. The first-order valence-corrected chi connectivity index (χ1v) is 12.1. The van der Waals surface area contributed by atoms with Crippen LogP contribution in [0.2, 0.25) is 0 Å². The Labute approximate surface area is 233 Å². The Morgan fingerprint density at radius 1 is 0.700 bits per heavy atom. The quantitative estimate of drug-likeness (QED) is 0.276. The van der Waals surface area contributed by atoms with Gasteiger partial charge in [0.15, 0.2) is 0 Å². The Balaban J connectivity index is 1.87. The predicted molar refractivity (Wildman–Crippen MR) is 152 cm³/mol. The number of carbonyl (C=O) groups excluding carboxylic acids is 3. The largest absolute Gasteiger partial charge is 0.465 e. The summed E-state index contributed by atoms with van der Waals surface area (Å²) in [5.74, 6) is 13.3. The van der Waals surface area contributed by atoms with Crippen LogP contribution in [0.3, 0.4) is 0 Å². The zero-order chi connectivity index (χ0) is 29.3. The van der Waals surface area contributed by atoms with Crippen molar-refractivity contribution in [3.63, 3.8) is 0 Å². The lowest BCUT2D eigenvalue weighted by atomic mass is 10.0. The molecule has 200 valence electrons. The summed E-state index contributed by atoms with van der Waals surface area (Å²) >= 11 is 0. The third kappa shape index (κ3) is 8.02. The molecular weight excluding hydrogens is 506 g/mol. The molecule has 0 atom stereocenters. The number of carbonyl (C=O) groups is 3. The van der Waals surface area contributed by atoms with Crippen molar-refractivity contribution < 1.29 is 28.6 Å². The van der Waals surface area contributed by atoms with Crippen LogP contribution in [-0.4, -0.2) is 37.9 Å². The number of benzene rings is 3. The van der Waals surface area contributed by atoms with Crippen LogP contribution in [0.4, 0.5) is 10.5 Å².